The van der Waals surface area contributed by atoms with Crippen LogP contribution in [0.3, 0.4) is 0 Å². The van der Waals surface area contributed by atoms with E-state index < -0.39 is 0 Å². The maximum atomic E-state index is 4.77. The molecule has 3 aromatic rings. The molecule has 23 heavy (non-hydrogen) atoms. The van der Waals surface area contributed by atoms with Crippen LogP contribution in [0.5, 0.6) is 0 Å². The van der Waals surface area contributed by atoms with Crippen LogP contribution in [0, 0.1) is 13.8 Å². The maximum absolute atomic E-state index is 4.77. The minimum absolute atomic E-state index is 0. The number of rotatable bonds is 2. The smallest absolute Gasteiger partial charge is 0.178 e. The zero-order valence-electron chi connectivity index (χ0n) is 13.3. The fourth-order valence-electron chi connectivity index (χ4n) is 2.98. The van der Waals surface area contributed by atoms with Crippen molar-refractivity contribution in [1.82, 2.24) is 25.1 Å². The van der Waals surface area contributed by atoms with E-state index in [-0.39, 0.29) is 18.4 Å². The normalized spacial score (nSPS) is 17.4. The highest BCUT2D eigenvalue weighted by Gasteiger charge is 2.22. The van der Waals surface area contributed by atoms with Crippen LogP contribution >= 0.6 is 12.4 Å². The van der Waals surface area contributed by atoms with Gasteiger partial charge in [-0.1, -0.05) is 12.1 Å². The standard InChI is InChI=1S/C17H19N5.ClH/c1-11-5-6-13(10-12(11)2)14-7-8-16-19-20-17(22(16)21-14)15-4-3-9-18-15;/h5-8,10,15,18H,3-4,9H2,1-2H3;1H. The van der Waals surface area contributed by atoms with Crippen molar-refractivity contribution in [2.75, 3.05) is 6.54 Å². The van der Waals surface area contributed by atoms with Crippen LogP contribution in [0.15, 0.2) is 30.3 Å². The predicted octanol–water partition coefficient (Wildman–Crippen LogP) is 3.25. The van der Waals surface area contributed by atoms with E-state index in [2.05, 4.69) is 47.6 Å². The quantitative estimate of drug-likeness (QED) is 0.784. The maximum Gasteiger partial charge on any atom is 0.178 e. The fourth-order valence-corrected chi connectivity index (χ4v) is 2.98. The summed E-state index contributed by atoms with van der Waals surface area (Å²) in [5.41, 5.74) is 5.46. The molecule has 0 spiro atoms. The third-order valence-corrected chi connectivity index (χ3v) is 4.46. The number of nitrogens with zero attached hydrogens (tertiary/aromatic N) is 4. The van der Waals surface area contributed by atoms with Crippen LogP contribution in [0.25, 0.3) is 16.9 Å². The second-order valence-corrected chi connectivity index (χ2v) is 5.99. The monoisotopic (exact) mass is 329 g/mol. The number of nitrogens with one attached hydrogen (secondary N) is 1. The molecule has 6 heteroatoms. The van der Waals surface area contributed by atoms with Crippen LogP contribution in [0.1, 0.15) is 35.8 Å². The van der Waals surface area contributed by atoms with E-state index in [9.17, 15) is 0 Å². The van der Waals surface area contributed by atoms with E-state index in [4.69, 9.17) is 5.10 Å². The van der Waals surface area contributed by atoms with Gasteiger partial charge in [-0.2, -0.15) is 9.61 Å². The van der Waals surface area contributed by atoms with E-state index >= 15 is 0 Å². The topological polar surface area (TPSA) is 55.1 Å². The van der Waals surface area contributed by atoms with Gasteiger partial charge in [0.05, 0.1) is 11.7 Å². The van der Waals surface area contributed by atoms with Gasteiger partial charge in [0.1, 0.15) is 0 Å². The molecule has 1 aliphatic heterocycles. The zero-order valence-corrected chi connectivity index (χ0v) is 14.1. The van der Waals surface area contributed by atoms with Gasteiger partial charge in [-0.3, -0.25) is 0 Å². The molecule has 4 rings (SSSR count). The third kappa shape index (κ3) is 2.82. The summed E-state index contributed by atoms with van der Waals surface area (Å²) in [6, 6.07) is 10.7. The first-order valence-corrected chi connectivity index (χ1v) is 7.76. The average Bonchev–Trinajstić information content (AvgIpc) is 3.17. The second-order valence-electron chi connectivity index (χ2n) is 5.99. The highest BCUT2D eigenvalue weighted by Crippen LogP contribution is 2.24. The van der Waals surface area contributed by atoms with E-state index in [0.29, 0.717) is 0 Å². The Morgan fingerprint density at radius 2 is 1.96 bits per heavy atom. The highest BCUT2D eigenvalue weighted by molar-refractivity contribution is 5.85. The van der Waals surface area contributed by atoms with Crippen molar-refractivity contribution in [2.24, 2.45) is 0 Å². The molecule has 0 aliphatic carbocycles. The lowest BCUT2D eigenvalue weighted by Gasteiger charge is -2.09. The Balaban J connectivity index is 0.00000156. The van der Waals surface area contributed by atoms with Gasteiger partial charge in [0.15, 0.2) is 11.5 Å². The minimum Gasteiger partial charge on any atom is -0.307 e. The van der Waals surface area contributed by atoms with Gasteiger partial charge in [-0.25, -0.2) is 0 Å². The molecule has 1 atom stereocenters. The first kappa shape index (κ1) is 15.9. The van der Waals surface area contributed by atoms with E-state index in [1.807, 2.05) is 16.6 Å². The molecule has 1 fully saturated rings. The molecule has 0 bridgehead atoms. The molecular formula is C17H20ClN5. The van der Waals surface area contributed by atoms with Gasteiger partial charge in [0.25, 0.3) is 0 Å². The number of halogens is 1. The van der Waals surface area contributed by atoms with Crippen LogP contribution in [0.2, 0.25) is 0 Å². The lowest BCUT2D eigenvalue weighted by atomic mass is 10.0. The molecule has 0 saturated carbocycles. The largest absolute Gasteiger partial charge is 0.307 e. The Labute approximate surface area is 141 Å². The Bertz CT molecular complexity index is 836. The molecule has 1 saturated heterocycles. The molecule has 1 aromatic carbocycles. The third-order valence-electron chi connectivity index (χ3n) is 4.46. The summed E-state index contributed by atoms with van der Waals surface area (Å²) in [6.07, 6.45) is 2.27. The molecular weight excluding hydrogens is 310 g/mol. The van der Waals surface area contributed by atoms with Crippen molar-refractivity contribution in [1.29, 1.82) is 0 Å². The first-order chi connectivity index (χ1) is 10.7. The lowest BCUT2D eigenvalue weighted by molar-refractivity contribution is 0.585. The van der Waals surface area contributed by atoms with E-state index in [1.165, 1.54) is 17.5 Å². The molecule has 5 nitrogen and oxygen atoms in total. The number of fused-ring (bicyclic) bond motifs is 1. The summed E-state index contributed by atoms with van der Waals surface area (Å²) >= 11 is 0. The Morgan fingerprint density at radius 1 is 1.09 bits per heavy atom. The van der Waals surface area contributed by atoms with Crippen molar-refractivity contribution >= 4 is 18.1 Å². The number of aryl methyl sites for hydroxylation is 2. The zero-order chi connectivity index (χ0) is 15.1. The number of benzene rings is 1. The van der Waals surface area contributed by atoms with Gasteiger partial charge in [0.2, 0.25) is 0 Å². The number of hydrogen-bond acceptors (Lipinski definition) is 4. The van der Waals surface area contributed by atoms with Crippen LogP contribution < -0.4 is 5.32 Å². The van der Waals surface area contributed by atoms with Crippen molar-refractivity contribution in [3.8, 4) is 11.3 Å². The minimum atomic E-state index is 0. The van der Waals surface area contributed by atoms with E-state index in [1.54, 1.807) is 0 Å². The molecule has 1 aliphatic rings. The van der Waals surface area contributed by atoms with Gasteiger partial charge in [-0.15, -0.1) is 22.6 Å². The van der Waals surface area contributed by atoms with Crippen LogP contribution in [-0.4, -0.2) is 26.4 Å². The Kier molecular flexibility index (Phi) is 4.33. The molecule has 0 amide bonds. The average molecular weight is 330 g/mol. The molecule has 120 valence electrons. The van der Waals surface area contributed by atoms with Gasteiger partial charge >= 0.3 is 0 Å². The number of aromatic nitrogens is 4. The lowest BCUT2D eigenvalue weighted by Crippen LogP contribution is -2.16. The van der Waals surface area contributed by atoms with Crippen molar-refractivity contribution < 1.29 is 0 Å². The first-order valence-electron chi connectivity index (χ1n) is 7.76. The van der Waals surface area contributed by atoms with Gasteiger partial charge in [-0.05, 0) is 62.6 Å². The highest BCUT2D eigenvalue weighted by atomic mass is 35.5. The van der Waals surface area contributed by atoms with Gasteiger partial charge in [0, 0.05) is 5.56 Å². The molecule has 1 N–H and O–H groups in total. The van der Waals surface area contributed by atoms with Crippen LogP contribution in [-0.2, 0) is 0 Å². The predicted molar refractivity (Wildman–Crippen MR) is 92.9 cm³/mol. The van der Waals surface area contributed by atoms with E-state index in [0.717, 1.165) is 35.7 Å². The summed E-state index contributed by atoms with van der Waals surface area (Å²) in [5, 5.41) is 16.8. The van der Waals surface area contributed by atoms with Gasteiger partial charge < -0.3 is 5.32 Å². The summed E-state index contributed by atoms with van der Waals surface area (Å²) < 4.78 is 1.88. The Morgan fingerprint density at radius 3 is 2.70 bits per heavy atom. The van der Waals surface area contributed by atoms with Crippen molar-refractivity contribution in [3.63, 3.8) is 0 Å². The summed E-state index contributed by atoms with van der Waals surface area (Å²) in [7, 11) is 0. The summed E-state index contributed by atoms with van der Waals surface area (Å²) in [5.74, 6) is 0.915. The second kappa shape index (κ2) is 6.26. The van der Waals surface area contributed by atoms with Crippen molar-refractivity contribution in [2.45, 2.75) is 32.7 Å². The molecule has 0 radical (unpaired) electrons. The van der Waals surface area contributed by atoms with Crippen LogP contribution in [0.4, 0.5) is 0 Å². The molecule has 2 aromatic heterocycles. The SMILES string of the molecule is Cc1ccc(-c2ccc3nnc(C4CCCN4)n3n2)cc1C.Cl. The molecule has 1 unspecified atom stereocenters. The summed E-state index contributed by atoms with van der Waals surface area (Å²) in [4.78, 5) is 0. The molecule has 3 heterocycles. The summed E-state index contributed by atoms with van der Waals surface area (Å²) in [6.45, 7) is 5.29. The van der Waals surface area contributed by atoms with Crippen molar-refractivity contribution in [3.05, 3.63) is 47.3 Å². The fraction of sp³-hybridized carbons (Fsp3) is 0.353. The number of hydrogen-bond donors (Lipinski definition) is 1. The Hall–Kier alpha value is -1.98.